The number of aromatic nitrogens is 2. The van der Waals surface area contributed by atoms with Crippen LogP contribution in [0.15, 0.2) is 54.6 Å². The van der Waals surface area contributed by atoms with Crippen LogP contribution in [0.25, 0.3) is 16.9 Å². The standard InChI is InChI=1S/C21H22F3N3O/c1-26(2)13-12-15-4-6-16(7-5-15)19-14-20(21(22,23)24)25-27(19)17-8-10-18(28-3)11-9-17/h4-11,14H,12-13H2,1-3H3. The maximum absolute atomic E-state index is 13.3. The molecule has 0 unspecified atom stereocenters. The molecule has 0 amide bonds. The molecule has 28 heavy (non-hydrogen) atoms. The van der Waals surface area contributed by atoms with E-state index in [1.807, 2.05) is 38.4 Å². The Kier molecular flexibility index (Phi) is 5.74. The molecule has 7 heteroatoms. The summed E-state index contributed by atoms with van der Waals surface area (Å²) in [4.78, 5) is 2.09. The highest BCUT2D eigenvalue weighted by atomic mass is 19.4. The molecule has 0 atom stereocenters. The molecule has 0 N–H and O–H groups in total. The SMILES string of the molecule is COc1ccc(-n2nc(C(F)(F)F)cc2-c2ccc(CCN(C)C)cc2)cc1. The second-order valence-electron chi connectivity index (χ2n) is 6.77. The lowest BCUT2D eigenvalue weighted by Gasteiger charge is -2.11. The molecule has 0 fully saturated rings. The number of rotatable bonds is 6. The summed E-state index contributed by atoms with van der Waals surface area (Å²) in [5.41, 5.74) is 1.80. The molecule has 0 saturated heterocycles. The third-order valence-electron chi connectivity index (χ3n) is 4.41. The van der Waals surface area contributed by atoms with Gasteiger partial charge < -0.3 is 9.64 Å². The molecule has 3 aromatic rings. The molecule has 148 valence electrons. The van der Waals surface area contributed by atoms with Crippen LogP contribution in [-0.2, 0) is 12.6 Å². The first kappa shape index (κ1) is 19.9. The van der Waals surface area contributed by atoms with Gasteiger partial charge in [0, 0.05) is 12.1 Å². The van der Waals surface area contributed by atoms with Crippen LogP contribution in [0.2, 0.25) is 0 Å². The van der Waals surface area contributed by atoms with Gasteiger partial charge >= 0.3 is 6.18 Å². The van der Waals surface area contributed by atoms with Gasteiger partial charge in [0.2, 0.25) is 0 Å². The molecule has 0 aliphatic rings. The first-order chi connectivity index (χ1) is 13.3. The molecule has 0 aliphatic carbocycles. The van der Waals surface area contributed by atoms with E-state index in [1.54, 1.807) is 24.3 Å². The van der Waals surface area contributed by atoms with E-state index < -0.39 is 11.9 Å². The number of benzene rings is 2. The van der Waals surface area contributed by atoms with E-state index in [4.69, 9.17) is 4.74 Å². The summed E-state index contributed by atoms with van der Waals surface area (Å²) < 4.78 is 46.2. The number of hydrogen-bond donors (Lipinski definition) is 0. The molecular formula is C21H22F3N3O. The number of halogens is 3. The zero-order valence-corrected chi connectivity index (χ0v) is 16.0. The highest BCUT2D eigenvalue weighted by molar-refractivity contribution is 5.63. The van der Waals surface area contributed by atoms with Gasteiger partial charge in [0.05, 0.1) is 18.5 Å². The summed E-state index contributed by atoms with van der Waals surface area (Å²) in [6, 6.07) is 15.4. The van der Waals surface area contributed by atoms with Gasteiger partial charge in [-0.15, -0.1) is 0 Å². The molecule has 0 radical (unpaired) electrons. The van der Waals surface area contributed by atoms with Crippen molar-refractivity contribution in [2.24, 2.45) is 0 Å². The van der Waals surface area contributed by atoms with Gasteiger partial charge in [-0.25, -0.2) is 4.68 Å². The Morgan fingerprint density at radius 3 is 2.18 bits per heavy atom. The third-order valence-corrected chi connectivity index (χ3v) is 4.41. The lowest BCUT2D eigenvalue weighted by Crippen LogP contribution is -2.14. The number of alkyl halides is 3. The summed E-state index contributed by atoms with van der Waals surface area (Å²) in [7, 11) is 5.54. The van der Waals surface area contributed by atoms with Crippen molar-refractivity contribution in [2.75, 3.05) is 27.7 Å². The van der Waals surface area contributed by atoms with Crippen molar-refractivity contribution in [3.63, 3.8) is 0 Å². The molecule has 4 nitrogen and oxygen atoms in total. The zero-order valence-electron chi connectivity index (χ0n) is 16.0. The Labute approximate surface area is 162 Å². The maximum Gasteiger partial charge on any atom is 0.435 e. The first-order valence-electron chi connectivity index (χ1n) is 8.83. The van der Waals surface area contributed by atoms with Gasteiger partial charge in [-0.1, -0.05) is 24.3 Å². The van der Waals surface area contributed by atoms with Crippen molar-refractivity contribution >= 4 is 0 Å². The molecule has 1 heterocycles. The molecule has 0 bridgehead atoms. The minimum Gasteiger partial charge on any atom is -0.497 e. The van der Waals surface area contributed by atoms with E-state index in [1.165, 1.54) is 11.8 Å². The highest BCUT2D eigenvalue weighted by Crippen LogP contribution is 2.33. The van der Waals surface area contributed by atoms with E-state index in [9.17, 15) is 13.2 Å². The average molecular weight is 389 g/mol. The number of ether oxygens (including phenoxy) is 1. The number of likely N-dealkylation sites (N-methyl/N-ethyl adjacent to an activating group) is 1. The summed E-state index contributed by atoms with van der Waals surface area (Å²) in [6.07, 6.45) is -3.64. The quantitative estimate of drug-likeness (QED) is 0.614. The third kappa shape index (κ3) is 4.54. The Morgan fingerprint density at radius 2 is 1.64 bits per heavy atom. The smallest absolute Gasteiger partial charge is 0.435 e. The number of nitrogens with zero attached hydrogens (tertiary/aromatic N) is 3. The Hall–Kier alpha value is -2.80. The zero-order chi connectivity index (χ0) is 20.3. The molecule has 2 aromatic carbocycles. The van der Waals surface area contributed by atoms with Crippen LogP contribution in [0.1, 0.15) is 11.3 Å². The average Bonchev–Trinajstić information content (AvgIpc) is 3.13. The molecular weight excluding hydrogens is 367 g/mol. The van der Waals surface area contributed by atoms with E-state index in [-0.39, 0.29) is 0 Å². The van der Waals surface area contributed by atoms with Crippen LogP contribution in [0.5, 0.6) is 5.75 Å². The van der Waals surface area contributed by atoms with Gasteiger partial charge in [-0.2, -0.15) is 18.3 Å². The Morgan fingerprint density at radius 1 is 1.00 bits per heavy atom. The van der Waals surface area contributed by atoms with Crippen molar-refractivity contribution in [1.82, 2.24) is 14.7 Å². The first-order valence-corrected chi connectivity index (χ1v) is 8.83. The monoisotopic (exact) mass is 389 g/mol. The topological polar surface area (TPSA) is 30.3 Å². The minimum absolute atomic E-state index is 0.386. The van der Waals surface area contributed by atoms with Crippen molar-refractivity contribution in [1.29, 1.82) is 0 Å². The van der Waals surface area contributed by atoms with Gasteiger partial charge in [0.25, 0.3) is 0 Å². The second kappa shape index (κ2) is 8.06. The Bertz CT molecular complexity index is 914. The molecule has 0 aliphatic heterocycles. The Balaban J connectivity index is 2.00. The maximum atomic E-state index is 13.3. The van der Waals surface area contributed by atoms with Crippen LogP contribution in [0, 0.1) is 0 Å². The van der Waals surface area contributed by atoms with Crippen LogP contribution >= 0.6 is 0 Å². The van der Waals surface area contributed by atoms with Gasteiger partial charge in [0.15, 0.2) is 5.69 Å². The van der Waals surface area contributed by atoms with Crippen LogP contribution in [0.4, 0.5) is 13.2 Å². The van der Waals surface area contributed by atoms with E-state index >= 15 is 0 Å². The highest BCUT2D eigenvalue weighted by Gasteiger charge is 2.35. The van der Waals surface area contributed by atoms with Crippen LogP contribution in [-0.4, -0.2) is 42.4 Å². The van der Waals surface area contributed by atoms with Crippen LogP contribution in [0.3, 0.4) is 0 Å². The molecule has 0 spiro atoms. The summed E-state index contributed by atoms with van der Waals surface area (Å²) in [6.45, 7) is 0.904. The predicted molar refractivity (Wildman–Crippen MR) is 103 cm³/mol. The predicted octanol–water partition coefficient (Wildman–Crippen LogP) is 4.67. The fourth-order valence-corrected chi connectivity index (χ4v) is 2.84. The van der Waals surface area contributed by atoms with Gasteiger partial charge in [0.1, 0.15) is 5.75 Å². The summed E-state index contributed by atoms with van der Waals surface area (Å²) in [5.74, 6) is 0.624. The van der Waals surface area contributed by atoms with Crippen molar-refractivity contribution in [2.45, 2.75) is 12.6 Å². The van der Waals surface area contributed by atoms with Crippen molar-refractivity contribution in [3.05, 3.63) is 65.9 Å². The van der Waals surface area contributed by atoms with Crippen LogP contribution < -0.4 is 4.74 Å². The normalized spacial score (nSPS) is 11.8. The van der Waals surface area contributed by atoms with E-state index in [2.05, 4.69) is 10.00 Å². The lowest BCUT2D eigenvalue weighted by molar-refractivity contribution is -0.141. The number of hydrogen-bond acceptors (Lipinski definition) is 3. The van der Waals surface area contributed by atoms with Gasteiger partial charge in [-0.05, 0) is 56.4 Å². The largest absolute Gasteiger partial charge is 0.497 e. The lowest BCUT2D eigenvalue weighted by atomic mass is 10.1. The molecule has 3 rings (SSSR count). The van der Waals surface area contributed by atoms with Gasteiger partial charge in [-0.3, -0.25) is 0 Å². The summed E-state index contributed by atoms with van der Waals surface area (Å²) >= 11 is 0. The minimum atomic E-state index is -4.52. The molecule has 0 saturated carbocycles. The fraction of sp³-hybridized carbons (Fsp3) is 0.286. The van der Waals surface area contributed by atoms with E-state index in [0.29, 0.717) is 22.7 Å². The fourth-order valence-electron chi connectivity index (χ4n) is 2.84. The second-order valence-corrected chi connectivity index (χ2v) is 6.77. The van der Waals surface area contributed by atoms with Crippen molar-refractivity contribution < 1.29 is 17.9 Å². The number of methoxy groups -OCH3 is 1. The van der Waals surface area contributed by atoms with Crippen molar-refractivity contribution in [3.8, 4) is 22.7 Å². The van der Waals surface area contributed by atoms with E-state index in [0.717, 1.165) is 24.6 Å². The molecule has 1 aromatic heterocycles. The summed E-state index contributed by atoms with van der Waals surface area (Å²) in [5, 5.41) is 3.81.